The molecule has 0 fully saturated rings. The van der Waals surface area contributed by atoms with Gasteiger partial charge < -0.3 is 19.3 Å². The van der Waals surface area contributed by atoms with E-state index in [1.54, 1.807) is 22.3 Å². The lowest BCUT2D eigenvalue weighted by Crippen LogP contribution is -2.48. The highest BCUT2D eigenvalue weighted by Gasteiger charge is 2.33. The smallest absolute Gasteiger partial charge is 0.254 e. The molecular formula is C27H29FN2O4S. The van der Waals surface area contributed by atoms with Crippen molar-refractivity contribution < 1.29 is 23.5 Å². The first-order valence-electron chi connectivity index (χ1n) is 11.6. The number of thiophene rings is 1. The Bertz CT molecular complexity index is 1180. The average molecular weight is 497 g/mol. The van der Waals surface area contributed by atoms with E-state index in [0.29, 0.717) is 13.2 Å². The molecule has 1 aliphatic heterocycles. The molecule has 0 unspecified atom stereocenters. The van der Waals surface area contributed by atoms with Crippen LogP contribution in [-0.4, -0.2) is 61.6 Å². The molecule has 0 spiro atoms. The van der Waals surface area contributed by atoms with Crippen molar-refractivity contribution >= 4 is 23.2 Å². The minimum absolute atomic E-state index is 0.126. The fourth-order valence-corrected chi connectivity index (χ4v) is 5.20. The summed E-state index contributed by atoms with van der Waals surface area (Å²) in [4.78, 5) is 31.1. The lowest BCUT2D eigenvalue weighted by Gasteiger charge is -2.37. The van der Waals surface area contributed by atoms with E-state index in [-0.39, 0.29) is 37.2 Å². The normalized spacial score (nSPS) is 14.9. The van der Waals surface area contributed by atoms with Crippen LogP contribution in [0.4, 0.5) is 4.39 Å². The Morgan fingerprint density at radius 2 is 2.00 bits per heavy atom. The third-order valence-corrected chi connectivity index (χ3v) is 7.15. The molecule has 0 bridgehead atoms. The molecule has 4 rings (SSSR count). The van der Waals surface area contributed by atoms with Crippen LogP contribution in [0.25, 0.3) is 0 Å². The molecule has 0 saturated heterocycles. The lowest BCUT2D eigenvalue weighted by atomic mass is 10.00. The molecule has 2 amide bonds. The van der Waals surface area contributed by atoms with E-state index in [4.69, 9.17) is 9.47 Å². The summed E-state index contributed by atoms with van der Waals surface area (Å²) in [5.74, 6) is -0.300. The van der Waals surface area contributed by atoms with Gasteiger partial charge in [0.15, 0.2) is 0 Å². The van der Waals surface area contributed by atoms with E-state index in [1.165, 1.54) is 35.1 Å². The number of halogens is 1. The van der Waals surface area contributed by atoms with Crippen molar-refractivity contribution in [2.24, 2.45) is 0 Å². The summed E-state index contributed by atoms with van der Waals surface area (Å²) in [5.41, 5.74) is 2.31. The number of hydrogen-bond acceptors (Lipinski definition) is 5. The highest BCUT2D eigenvalue weighted by Crippen LogP contribution is 2.34. The van der Waals surface area contributed by atoms with Crippen molar-refractivity contribution in [3.63, 3.8) is 0 Å². The van der Waals surface area contributed by atoms with Crippen molar-refractivity contribution in [3.8, 4) is 5.75 Å². The van der Waals surface area contributed by atoms with E-state index in [2.05, 4.69) is 0 Å². The first kappa shape index (κ1) is 24.9. The minimum Gasteiger partial charge on any atom is -0.491 e. The van der Waals surface area contributed by atoms with Gasteiger partial charge in [0.2, 0.25) is 5.91 Å². The molecule has 8 heteroatoms. The van der Waals surface area contributed by atoms with Crippen LogP contribution in [0.15, 0.2) is 60.0 Å². The summed E-state index contributed by atoms with van der Waals surface area (Å²) >= 11 is 1.69. The molecule has 0 aliphatic carbocycles. The van der Waals surface area contributed by atoms with Crippen molar-refractivity contribution in [2.75, 3.05) is 40.0 Å². The van der Waals surface area contributed by atoms with Crippen molar-refractivity contribution in [3.05, 3.63) is 87.4 Å². The Hall–Kier alpha value is -3.23. The van der Waals surface area contributed by atoms with Gasteiger partial charge in [-0.1, -0.05) is 24.3 Å². The molecule has 184 valence electrons. The number of rotatable bonds is 9. The zero-order chi connectivity index (χ0) is 24.8. The fraction of sp³-hybridized carbons (Fsp3) is 0.333. The van der Waals surface area contributed by atoms with Gasteiger partial charge in [0.05, 0.1) is 12.6 Å². The molecule has 35 heavy (non-hydrogen) atoms. The second kappa shape index (κ2) is 11.5. The van der Waals surface area contributed by atoms with Gasteiger partial charge in [0.25, 0.3) is 5.91 Å². The van der Waals surface area contributed by atoms with Crippen LogP contribution in [0.1, 0.15) is 32.4 Å². The number of aryl methyl sites for hydroxylation is 1. The predicted octanol–water partition coefficient (Wildman–Crippen LogP) is 4.49. The van der Waals surface area contributed by atoms with Gasteiger partial charge in [-0.25, -0.2) is 4.39 Å². The van der Waals surface area contributed by atoms with Crippen molar-refractivity contribution in [2.45, 2.75) is 19.4 Å². The minimum atomic E-state index is -0.497. The number of fused-ring (bicyclic) bond motifs is 1. The number of hydrogen-bond donors (Lipinski definition) is 0. The quantitative estimate of drug-likeness (QED) is 0.438. The second-order valence-corrected chi connectivity index (χ2v) is 9.46. The Balaban J connectivity index is 1.53. The Morgan fingerprint density at radius 1 is 1.17 bits per heavy atom. The van der Waals surface area contributed by atoms with Gasteiger partial charge in [-0.3, -0.25) is 9.59 Å². The molecule has 6 nitrogen and oxygen atoms in total. The van der Waals surface area contributed by atoms with Crippen LogP contribution < -0.4 is 4.74 Å². The second-order valence-electron chi connectivity index (χ2n) is 8.46. The number of nitrogens with zero attached hydrogens (tertiary/aromatic N) is 2. The zero-order valence-corrected chi connectivity index (χ0v) is 20.7. The number of para-hydroxylation sites is 1. The summed E-state index contributed by atoms with van der Waals surface area (Å²) < 4.78 is 25.0. The first-order chi connectivity index (χ1) is 17.0. The monoisotopic (exact) mass is 496 g/mol. The number of carbonyl (C=O) groups is 2. The maximum absolute atomic E-state index is 13.7. The highest BCUT2D eigenvalue weighted by atomic mass is 32.1. The largest absolute Gasteiger partial charge is 0.491 e. The molecule has 2 heterocycles. The molecule has 2 aromatic carbocycles. The molecule has 1 aromatic heterocycles. The molecule has 0 saturated carbocycles. The van der Waals surface area contributed by atoms with Crippen LogP contribution in [0, 0.1) is 12.7 Å². The van der Waals surface area contributed by atoms with Gasteiger partial charge in [0.1, 0.15) is 24.7 Å². The van der Waals surface area contributed by atoms with Crippen LogP contribution in [0.5, 0.6) is 5.75 Å². The summed E-state index contributed by atoms with van der Waals surface area (Å²) in [6.07, 6.45) is 0.759. The van der Waals surface area contributed by atoms with E-state index in [0.717, 1.165) is 23.3 Å². The maximum Gasteiger partial charge on any atom is 0.254 e. The average Bonchev–Trinajstić information content (AvgIpc) is 3.34. The van der Waals surface area contributed by atoms with E-state index < -0.39 is 11.7 Å². The zero-order valence-electron chi connectivity index (χ0n) is 19.9. The van der Waals surface area contributed by atoms with Crippen LogP contribution in [-0.2, 0) is 16.0 Å². The van der Waals surface area contributed by atoms with Gasteiger partial charge in [-0.15, -0.1) is 11.3 Å². The highest BCUT2D eigenvalue weighted by molar-refractivity contribution is 7.10. The Labute approximate surface area is 208 Å². The SMILES string of the molecule is COCCN(CC(=O)N1CCc2sccc2[C@@H]1COc1ccccc1C)C(=O)c1cccc(F)c1. The summed E-state index contributed by atoms with van der Waals surface area (Å²) in [6.45, 7) is 3.21. The number of carbonyl (C=O) groups excluding carboxylic acids is 2. The Kier molecular flexibility index (Phi) is 8.15. The molecular weight excluding hydrogens is 467 g/mol. The topological polar surface area (TPSA) is 59.1 Å². The van der Waals surface area contributed by atoms with Gasteiger partial charge in [-0.2, -0.15) is 0 Å². The van der Waals surface area contributed by atoms with Gasteiger partial charge in [0, 0.05) is 30.6 Å². The third-order valence-electron chi connectivity index (χ3n) is 6.16. The molecule has 1 aliphatic rings. The van der Waals surface area contributed by atoms with Crippen molar-refractivity contribution in [1.82, 2.24) is 9.80 Å². The van der Waals surface area contributed by atoms with Gasteiger partial charge >= 0.3 is 0 Å². The third kappa shape index (κ3) is 5.89. The molecule has 3 aromatic rings. The predicted molar refractivity (Wildman–Crippen MR) is 133 cm³/mol. The van der Waals surface area contributed by atoms with Crippen LogP contribution in [0.3, 0.4) is 0 Å². The Morgan fingerprint density at radius 3 is 2.77 bits per heavy atom. The molecule has 0 radical (unpaired) electrons. The fourth-order valence-electron chi connectivity index (χ4n) is 4.27. The van der Waals surface area contributed by atoms with Crippen molar-refractivity contribution in [1.29, 1.82) is 0 Å². The number of amides is 2. The van der Waals surface area contributed by atoms with E-state index in [1.807, 2.05) is 42.6 Å². The maximum atomic E-state index is 13.7. The molecule has 1 atom stereocenters. The van der Waals surface area contributed by atoms with E-state index in [9.17, 15) is 14.0 Å². The standard InChI is InChI=1S/C27H29FN2O4S/c1-19-6-3-4-9-24(19)34-18-23-22-11-15-35-25(22)10-12-30(23)26(31)17-29(13-14-33-2)27(32)20-7-5-8-21(28)16-20/h3-9,11,15-16,23H,10,12-14,17-18H2,1-2H3/t23-/m0/s1. The van der Waals surface area contributed by atoms with Crippen LogP contribution in [0.2, 0.25) is 0 Å². The van der Waals surface area contributed by atoms with Gasteiger partial charge in [-0.05, 0) is 60.2 Å². The summed E-state index contributed by atoms with van der Waals surface area (Å²) in [5, 5.41) is 2.04. The van der Waals surface area contributed by atoms with Crippen LogP contribution >= 0.6 is 11.3 Å². The number of methoxy groups -OCH3 is 1. The lowest BCUT2D eigenvalue weighted by molar-refractivity contribution is -0.135. The number of ether oxygens (including phenoxy) is 2. The summed E-state index contributed by atoms with van der Waals surface area (Å²) in [7, 11) is 1.54. The molecule has 0 N–H and O–H groups in total. The summed E-state index contributed by atoms with van der Waals surface area (Å²) in [6, 6.07) is 15.1. The number of benzene rings is 2. The first-order valence-corrected chi connectivity index (χ1v) is 12.4. The van der Waals surface area contributed by atoms with E-state index >= 15 is 0 Å².